The molecular weight excluding hydrogens is 362 g/mol. The largest absolute Gasteiger partial charge is 0.376 e. The fourth-order valence-corrected chi connectivity index (χ4v) is 4.32. The topological polar surface area (TPSA) is 72.8 Å². The Morgan fingerprint density at radius 1 is 1.00 bits per heavy atom. The molecule has 150 valence electrons. The molecule has 1 aromatic carbocycles. The predicted molar refractivity (Wildman–Crippen MR) is 114 cm³/mol. The number of hydrogen-bond acceptors (Lipinski definition) is 6. The molecule has 1 fully saturated rings. The number of anilines is 1. The second-order valence-electron chi connectivity index (χ2n) is 8.27. The predicted octanol–water partition coefficient (Wildman–Crippen LogP) is 4.26. The first-order valence-corrected chi connectivity index (χ1v) is 10.1. The first-order valence-electron chi connectivity index (χ1n) is 10.1. The average Bonchev–Trinajstić information content (AvgIpc) is 2.75. The van der Waals surface area contributed by atoms with Crippen molar-refractivity contribution in [1.29, 1.82) is 0 Å². The van der Waals surface area contributed by atoms with Gasteiger partial charge in [0.05, 0.1) is 23.7 Å². The lowest BCUT2D eigenvalue weighted by molar-refractivity contribution is -0.0835. The van der Waals surface area contributed by atoms with Crippen molar-refractivity contribution >= 4 is 5.82 Å². The van der Waals surface area contributed by atoms with Gasteiger partial charge in [-0.15, -0.1) is 0 Å². The molecule has 1 saturated heterocycles. The molecule has 2 aromatic heterocycles. The molecule has 29 heavy (non-hydrogen) atoms. The van der Waals surface area contributed by atoms with Gasteiger partial charge >= 0.3 is 0 Å². The molecule has 1 N–H and O–H groups in total. The van der Waals surface area contributed by atoms with E-state index >= 15 is 0 Å². The standard InChI is InChI=1S/C23H27N5O/c1-22(2)16-23(9-11-29-22,19-6-4-3-5-7-19)8-10-27-21-15-24-14-20(28-21)18-12-25-17-26-13-18/h3-7,12-15,17H,8-11,16H2,1-2H3,(H,27,28). The minimum absolute atomic E-state index is 0.0916. The lowest BCUT2D eigenvalue weighted by Gasteiger charge is -2.45. The van der Waals surface area contributed by atoms with Crippen molar-refractivity contribution in [2.24, 2.45) is 0 Å². The molecule has 0 spiro atoms. The highest BCUT2D eigenvalue weighted by atomic mass is 16.5. The zero-order valence-electron chi connectivity index (χ0n) is 17.0. The summed E-state index contributed by atoms with van der Waals surface area (Å²) in [5, 5.41) is 3.47. The Kier molecular flexibility index (Phi) is 5.53. The van der Waals surface area contributed by atoms with Crippen LogP contribution in [-0.2, 0) is 10.2 Å². The molecule has 6 nitrogen and oxygen atoms in total. The molecule has 0 saturated carbocycles. The molecule has 6 heteroatoms. The van der Waals surface area contributed by atoms with Crippen LogP contribution < -0.4 is 5.32 Å². The molecular formula is C23H27N5O. The fraction of sp³-hybridized carbons (Fsp3) is 0.391. The molecule has 0 aliphatic carbocycles. The van der Waals surface area contributed by atoms with E-state index in [0.717, 1.165) is 49.5 Å². The van der Waals surface area contributed by atoms with E-state index < -0.39 is 0 Å². The van der Waals surface area contributed by atoms with Gasteiger partial charge < -0.3 is 10.1 Å². The second kappa shape index (κ2) is 8.25. The minimum Gasteiger partial charge on any atom is -0.376 e. The third kappa shape index (κ3) is 4.59. The van der Waals surface area contributed by atoms with E-state index in [0.29, 0.717) is 0 Å². The van der Waals surface area contributed by atoms with Gasteiger partial charge in [-0.3, -0.25) is 4.98 Å². The zero-order chi connectivity index (χ0) is 20.2. The van der Waals surface area contributed by atoms with Crippen LogP contribution in [0.25, 0.3) is 11.3 Å². The van der Waals surface area contributed by atoms with Crippen molar-refractivity contribution in [2.75, 3.05) is 18.5 Å². The van der Waals surface area contributed by atoms with E-state index in [-0.39, 0.29) is 11.0 Å². The highest BCUT2D eigenvalue weighted by Gasteiger charge is 2.41. The maximum Gasteiger partial charge on any atom is 0.145 e. The maximum absolute atomic E-state index is 6.02. The molecule has 1 unspecified atom stereocenters. The van der Waals surface area contributed by atoms with E-state index in [4.69, 9.17) is 4.74 Å². The highest BCUT2D eigenvalue weighted by molar-refractivity contribution is 5.57. The molecule has 1 aliphatic rings. The van der Waals surface area contributed by atoms with E-state index in [9.17, 15) is 0 Å². The number of nitrogens with one attached hydrogen (secondary N) is 1. The van der Waals surface area contributed by atoms with Gasteiger partial charge in [-0.25, -0.2) is 15.0 Å². The molecule has 0 amide bonds. The molecule has 1 aliphatic heterocycles. The monoisotopic (exact) mass is 389 g/mol. The van der Waals surface area contributed by atoms with Crippen molar-refractivity contribution in [3.05, 3.63) is 67.0 Å². The molecule has 3 heterocycles. The highest BCUT2D eigenvalue weighted by Crippen LogP contribution is 2.43. The Morgan fingerprint density at radius 3 is 2.55 bits per heavy atom. The first kappa shape index (κ1) is 19.5. The van der Waals surface area contributed by atoms with E-state index in [2.05, 4.69) is 69.4 Å². The summed E-state index contributed by atoms with van der Waals surface area (Å²) in [5.41, 5.74) is 2.98. The molecule has 0 radical (unpaired) electrons. The third-order valence-electron chi connectivity index (χ3n) is 5.62. The van der Waals surface area contributed by atoms with Gasteiger partial charge in [-0.2, -0.15) is 0 Å². The van der Waals surface area contributed by atoms with E-state index in [1.165, 1.54) is 11.9 Å². The molecule has 4 rings (SSSR count). The van der Waals surface area contributed by atoms with Crippen LogP contribution in [0.3, 0.4) is 0 Å². The van der Waals surface area contributed by atoms with Gasteiger partial charge in [-0.05, 0) is 38.7 Å². The number of rotatable bonds is 6. The normalized spacial score (nSPS) is 20.9. The number of ether oxygens (including phenoxy) is 1. The summed E-state index contributed by atoms with van der Waals surface area (Å²) >= 11 is 0. The van der Waals surface area contributed by atoms with Crippen molar-refractivity contribution in [2.45, 2.75) is 44.1 Å². The first-order chi connectivity index (χ1) is 14.1. The molecule has 3 aromatic rings. The Morgan fingerprint density at radius 2 is 1.79 bits per heavy atom. The summed E-state index contributed by atoms with van der Waals surface area (Å²) in [7, 11) is 0. The lowest BCUT2D eigenvalue weighted by atomic mass is 9.67. The van der Waals surface area contributed by atoms with E-state index in [1.807, 2.05) is 0 Å². The van der Waals surface area contributed by atoms with Gasteiger partial charge in [0.25, 0.3) is 0 Å². The Labute approximate surface area is 171 Å². The Balaban J connectivity index is 1.49. The summed E-state index contributed by atoms with van der Waals surface area (Å²) in [5.74, 6) is 0.765. The maximum atomic E-state index is 6.02. The van der Waals surface area contributed by atoms with Crippen LogP contribution >= 0.6 is 0 Å². The minimum atomic E-state index is -0.124. The summed E-state index contributed by atoms with van der Waals surface area (Å²) in [6, 6.07) is 10.8. The number of nitrogens with zero attached hydrogens (tertiary/aromatic N) is 4. The number of aromatic nitrogens is 4. The number of benzene rings is 1. The molecule has 1 atom stereocenters. The zero-order valence-corrected chi connectivity index (χ0v) is 17.0. The average molecular weight is 390 g/mol. The van der Waals surface area contributed by atoms with Crippen LogP contribution in [0.5, 0.6) is 0 Å². The second-order valence-corrected chi connectivity index (χ2v) is 8.27. The Bertz CT molecular complexity index is 932. The van der Waals surface area contributed by atoms with Crippen molar-refractivity contribution in [3.8, 4) is 11.3 Å². The Hall–Kier alpha value is -2.86. The van der Waals surface area contributed by atoms with Crippen LogP contribution in [-0.4, -0.2) is 38.7 Å². The van der Waals surface area contributed by atoms with Crippen LogP contribution in [0.4, 0.5) is 5.82 Å². The third-order valence-corrected chi connectivity index (χ3v) is 5.62. The molecule has 0 bridgehead atoms. The summed E-state index contributed by atoms with van der Waals surface area (Å²) in [4.78, 5) is 17.1. The van der Waals surface area contributed by atoms with Crippen molar-refractivity contribution in [1.82, 2.24) is 19.9 Å². The van der Waals surface area contributed by atoms with E-state index in [1.54, 1.807) is 24.8 Å². The lowest BCUT2D eigenvalue weighted by Crippen LogP contribution is -2.44. The smallest absolute Gasteiger partial charge is 0.145 e. The fourth-order valence-electron chi connectivity index (χ4n) is 4.32. The van der Waals surface area contributed by atoms with Gasteiger partial charge in [-0.1, -0.05) is 30.3 Å². The summed E-state index contributed by atoms with van der Waals surface area (Å²) in [6.45, 7) is 5.97. The van der Waals surface area contributed by atoms with Crippen LogP contribution in [0.15, 0.2) is 61.4 Å². The van der Waals surface area contributed by atoms with Gasteiger partial charge in [0.1, 0.15) is 12.1 Å². The van der Waals surface area contributed by atoms with Crippen LogP contribution in [0, 0.1) is 0 Å². The van der Waals surface area contributed by atoms with Crippen molar-refractivity contribution in [3.63, 3.8) is 0 Å². The van der Waals surface area contributed by atoms with Gasteiger partial charge in [0.2, 0.25) is 0 Å². The SMILES string of the molecule is CC1(C)CC(CCNc2cncc(-c3cncnc3)n2)(c2ccccc2)CCO1. The van der Waals surface area contributed by atoms with Crippen LogP contribution in [0.2, 0.25) is 0 Å². The van der Waals surface area contributed by atoms with Gasteiger partial charge in [0.15, 0.2) is 0 Å². The quantitative estimate of drug-likeness (QED) is 0.679. The summed E-state index contributed by atoms with van der Waals surface area (Å²) in [6.07, 6.45) is 11.5. The van der Waals surface area contributed by atoms with Gasteiger partial charge in [0, 0.05) is 36.5 Å². The van der Waals surface area contributed by atoms with Crippen LogP contribution in [0.1, 0.15) is 38.7 Å². The summed E-state index contributed by atoms with van der Waals surface area (Å²) < 4.78 is 6.02. The number of hydrogen-bond donors (Lipinski definition) is 1. The van der Waals surface area contributed by atoms with Crippen molar-refractivity contribution < 1.29 is 4.74 Å².